The maximum atomic E-state index is 8.56. The lowest BCUT2D eigenvalue weighted by atomic mass is 9.87. The molecular weight excluding hydrogens is 1190 g/mol. The van der Waals surface area contributed by atoms with Gasteiger partial charge in [-0.05, 0) is 282 Å². The smallest absolute Gasteiger partial charge is 0.201 e. The molecule has 2 aliphatic rings. The van der Waals surface area contributed by atoms with Crippen LogP contribution in [0.25, 0.3) is 56.3 Å². The van der Waals surface area contributed by atoms with Gasteiger partial charge in [-0.1, -0.05) is 113 Å². The number of benzene rings is 5. The van der Waals surface area contributed by atoms with Gasteiger partial charge in [-0.15, -0.1) is 0 Å². The van der Waals surface area contributed by atoms with Crippen molar-refractivity contribution in [3.05, 3.63) is 262 Å². The van der Waals surface area contributed by atoms with Crippen LogP contribution in [-0.2, 0) is 60.9 Å². The van der Waals surface area contributed by atoms with E-state index in [0.717, 1.165) is 69.7 Å². The molecule has 0 saturated heterocycles. The summed E-state index contributed by atoms with van der Waals surface area (Å²) in [5.41, 5.74) is 26.8. The molecule has 10 aromatic rings. The lowest BCUT2D eigenvalue weighted by Gasteiger charge is -2.18. The van der Waals surface area contributed by atoms with E-state index in [1.807, 2.05) is 47.7 Å². The Bertz CT molecular complexity index is 5580. The number of fused-ring (bicyclic) bond motifs is 2. The van der Waals surface area contributed by atoms with Gasteiger partial charge in [0.15, 0.2) is 31.0 Å². The van der Waals surface area contributed by atoms with Gasteiger partial charge in [-0.2, -0.15) is 0 Å². The van der Waals surface area contributed by atoms with Crippen molar-refractivity contribution in [1.29, 1.82) is 0 Å². The fourth-order valence-corrected chi connectivity index (χ4v) is 13.9. The third-order valence-corrected chi connectivity index (χ3v) is 19.7. The second-order valence-corrected chi connectivity index (χ2v) is 27.4. The van der Waals surface area contributed by atoms with E-state index < -0.39 is 72.5 Å². The molecule has 12 rings (SSSR count). The molecule has 0 fully saturated rings. The minimum atomic E-state index is -2.88. The highest BCUT2D eigenvalue weighted by Crippen LogP contribution is 2.35. The average Bonchev–Trinajstić information content (AvgIpc) is 0.733. The Morgan fingerprint density at radius 2 is 0.776 bits per heavy atom. The molecule has 0 aliphatic heterocycles. The molecular formula is C93H122N5+5. The first kappa shape index (κ1) is 46.2. The van der Waals surface area contributed by atoms with E-state index in [1.54, 1.807) is 95.0 Å². The number of nitrogens with zero attached hydrogens (tertiary/aromatic N) is 5. The Balaban J connectivity index is 0.000000197. The van der Waals surface area contributed by atoms with E-state index in [1.165, 1.54) is 139 Å². The van der Waals surface area contributed by atoms with Crippen molar-refractivity contribution in [2.24, 2.45) is 35.2 Å². The normalized spacial score (nSPS) is 19.3. The summed E-state index contributed by atoms with van der Waals surface area (Å²) in [4.78, 5) is 0. The van der Waals surface area contributed by atoms with Crippen LogP contribution in [0.2, 0.25) is 0 Å². The molecule has 3 atom stereocenters. The zero-order chi connectivity index (χ0) is 94.7. The van der Waals surface area contributed by atoms with Gasteiger partial charge in [0.05, 0.1) is 0 Å². The van der Waals surface area contributed by atoms with Gasteiger partial charge in [0.2, 0.25) is 28.5 Å². The molecule has 98 heavy (non-hydrogen) atoms. The van der Waals surface area contributed by atoms with E-state index in [4.69, 9.17) is 37.0 Å². The van der Waals surface area contributed by atoms with Crippen LogP contribution >= 0.6 is 0 Å². The van der Waals surface area contributed by atoms with Gasteiger partial charge in [-0.3, -0.25) is 0 Å². The van der Waals surface area contributed by atoms with Crippen molar-refractivity contribution in [2.75, 3.05) is 0 Å². The topological polar surface area (TPSA) is 19.4 Å². The lowest BCUT2D eigenvalue weighted by Crippen LogP contribution is -2.33. The summed E-state index contributed by atoms with van der Waals surface area (Å²) in [5.74, 6) is -6.31. The van der Waals surface area contributed by atoms with Gasteiger partial charge in [0.1, 0.15) is 35.2 Å². The number of hydrogen-bond acceptors (Lipinski definition) is 0. The second-order valence-electron chi connectivity index (χ2n) is 27.4. The lowest BCUT2D eigenvalue weighted by molar-refractivity contribution is -0.661. The van der Waals surface area contributed by atoms with Crippen molar-refractivity contribution in [1.82, 2.24) is 0 Å². The molecule has 5 aromatic heterocycles. The van der Waals surface area contributed by atoms with Crippen molar-refractivity contribution >= 4 is 0 Å². The highest BCUT2D eigenvalue weighted by atomic mass is 14.9. The average molecular weight is 1340 g/mol. The first-order valence-corrected chi connectivity index (χ1v) is 34.1. The Hall–Kier alpha value is -8.15. The largest absolute Gasteiger partial charge is 0.216 e. The molecule has 0 spiro atoms. The quantitative estimate of drug-likeness (QED) is 0.135. The molecule has 0 amide bonds. The van der Waals surface area contributed by atoms with Crippen molar-refractivity contribution in [3.63, 3.8) is 0 Å². The summed E-state index contributed by atoms with van der Waals surface area (Å²) in [5, 5.41) is 0. The first-order chi connectivity index (χ1) is 57.0. The van der Waals surface area contributed by atoms with Crippen LogP contribution in [0.5, 0.6) is 0 Å². The van der Waals surface area contributed by atoms with E-state index in [-0.39, 0.29) is 33.5 Å². The molecule has 0 radical (unpaired) electrons. The molecule has 3 unspecified atom stereocenters. The predicted molar refractivity (Wildman–Crippen MR) is 417 cm³/mol. The Morgan fingerprint density at radius 1 is 0.327 bits per heavy atom. The summed E-state index contributed by atoms with van der Waals surface area (Å²) in [6.07, 6.45) is 19.4. The van der Waals surface area contributed by atoms with Crippen LogP contribution in [0.15, 0.2) is 134 Å². The summed E-state index contributed by atoms with van der Waals surface area (Å²) in [6.45, 7) is 4.97. The molecule has 5 heteroatoms. The van der Waals surface area contributed by atoms with Gasteiger partial charge < -0.3 is 0 Å². The molecule has 2 aliphatic carbocycles. The zero-order valence-corrected chi connectivity index (χ0v) is 61.6. The summed E-state index contributed by atoms with van der Waals surface area (Å²) >= 11 is 0. The van der Waals surface area contributed by atoms with Crippen LogP contribution in [0.4, 0.5) is 0 Å². The molecule has 0 saturated carbocycles. The second kappa shape index (κ2) is 32.7. The summed E-state index contributed by atoms with van der Waals surface area (Å²) < 4.78 is 221. The van der Waals surface area contributed by atoms with E-state index in [9.17, 15) is 0 Å². The standard InChI is InChI=1S/C21H30N.C19H26N.2C18H22N.C17H22N/c1-13(2)18-10-20(16(6)9-15(18)5)21-11-19(14(3)4)17(7)12-22(21)8;1-12(2)17-8-9-18(13(3)10-17)19-16(6)15(5)14(4)11-20(19)7;1-13-8-9-17(14(2)10-13)18-11-15-6-4-5-7-16(15)12-19(18)3;1-13-8-9-16(14(2)12-13)18-17-7-5-4-6-15(17)10-11-19(18)3;1-11-7-8-16(12(2)9-11)17-15(5)14(4)13(3)10-18(17)6/h9-14H,1-8H3;8-12H,1-7H3;2*8-12H,4-7H2,1-3H3;7-10H,1-6H3/q5*+1/i1D3,3D3,5D3,7D3,13D,14D;1D3,4D3,12D;;;1D3,3D3. The predicted octanol–water partition coefficient (Wildman–Crippen LogP) is 21.0. The molecule has 5 heterocycles. The first-order valence-electron chi connectivity index (χ1n) is 47.6. The van der Waals surface area contributed by atoms with Crippen molar-refractivity contribution in [3.8, 4) is 56.3 Å². The number of pyridine rings is 5. The molecule has 5 nitrogen and oxygen atoms in total. The van der Waals surface area contributed by atoms with Crippen LogP contribution in [0.1, 0.15) is 250 Å². The van der Waals surface area contributed by atoms with Crippen LogP contribution in [0, 0.1) is 110 Å². The van der Waals surface area contributed by atoms with Gasteiger partial charge in [0.25, 0.3) is 0 Å². The van der Waals surface area contributed by atoms with E-state index in [2.05, 4.69) is 112 Å². The Kier molecular flexibility index (Phi) is 15.4. The molecule has 5 aromatic carbocycles. The van der Waals surface area contributed by atoms with Gasteiger partial charge in [0, 0.05) is 122 Å². The molecule has 0 N–H and O–H groups in total. The minimum Gasteiger partial charge on any atom is -0.201 e. The fourth-order valence-electron chi connectivity index (χ4n) is 13.9. The number of aryl methyl sites for hydroxylation is 20. The molecule has 0 bridgehead atoms. The SMILES string of the molecule is Cc1ccc(-c2c3c(cc[n+]2C)CCCC3)c(C)c1.Cc1ccc(-c2cc3c(c[n+]2C)CCCC3)c(C)c1.[2H]C([2H])([2H])c1c[n+](C)c(-c2ccc(C([2H])(C)C([2H])([2H])[2H])cc2C)c(C)c1C.[2H]C([2H])([2H])c1cc(C)c(-c2cc(C([2H])(C)C([2H])([2H])[2H])c(C([2H])([2H])[2H])c[n+]2C)cc1C([2H])(C)C([2H])([2H])[2H].[2H]C([2H])([2H])c1ccc(-c2c(C)c(C)c(C([2H])([2H])[2H])c[n+]2C)c(C)c1. The molecule has 514 valence electrons. The maximum absolute atomic E-state index is 8.56. The van der Waals surface area contributed by atoms with E-state index in [0.29, 0.717) is 27.8 Å². The maximum Gasteiger partial charge on any atom is 0.216 e. The zero-order valence-electron chi connectivity index (χ0n) is 88.6. The number of rotatable bonds is 8. The van der Waals surface area contributed by atoms with E-state index >= 15 is 0 Å². The number of hydrogen-bond donors (Lipinski definition) is 0. The van der Waals surface area contributed by atoms with Gasteiger partial charge >= 0.3 is 0 Å². The summed E-state index contributed by atoms with van der Waals surface area (Å²) in [6, 6.07) is 32.4. The third kappa shape index (κ3) is 17.5. The van der Waals surface area contributed by atoms with Crippen LogP contribution < -0.4 is 22.8 Å². The van der Waals surface area contributed by atoms with Crippen molar-refractivity contribution in [2.45, 2.75) is 221 Å². The van der Waals surface area contributed by atoms with Gasteiger partial charge in [-0.25, -0.2) is 22.8 Å². The monoisotopic (exact) mass is 1340 g/mol. The van der Waals surface area contributed by atoms with Crippen LogP contribution in [-0.4, -0.2) is 0 Å². The number of aromatic nitrogens is 5. The highest BCUT2D eigenvalue weighted by molar-refractivity contribution is 5.69. The Labute approximate surface area is 632 Å². The highest BCUT2D eigenvalue weighted by Gasteiger charge is 2.26. The third-order valence-electron chi connectivity index (χ3n) is 19.7. The van der Waals surface area contributed by atoms with Crippen molar-refractivity contribution < 1.29 is 59.8 Å². The minimum absolute atomic E-state index is 0.234. The Morgan fingerprint density at radius 3 is 1.32 bits per heavy atom. The van der Waals surface area contributed by atoms with Crippen LogP contribution in [0.3, 0.4) is 0 Å². The fraction of sp³-hybridized carbons (Fsp3) is 0.409. The summed E-state index contributed by atoms with van der Waals surface area (Å²) in [7, 11) is 9.47.